The fraction of sp³-hybridized carbons (Fsp3) is 0.273. The molecule has 2 aromatic rings. The van der Waals surface area contributed by atoms with E-state index in [1.807, 2.05) is 0 Å². The van der Waals surface area contributed by atoms with Crippen LogP contribution in [0.5, 0.6) is 5.88 Å². The third-order valence-corrected chi connectivity index (χ3v) is 5.53. The number of nitrogens with one attached hydrogen (secondary N) is 2. The first-order valence-electron chi connectivity index (χ1n) is 5.61. The third kappa shape index (κ3) is 3.06. The first kappa shape index (κ1) is 14.7. The summed E-state index contributed by atoms with van der Waals surface area (Å²) < 4.78 is 31.7. The number of nitrogens with zero attached hydrogens (tertiary/aromatic N) is 1. The maximum atomic E-state index is 12.1. The van der Waals surface area contributed by atoms with Crippen molar-refractivity contribution >= 4 is 21.4 Å². The van der Waals surface area contributed by atoms with Crippen LogP contribution < -0.4 is 14.3 Å². The van der Waals surface area contributed by atoms with Gasteiger partial charge in [-0.1, -0.05) is 17.4 Å². The minimum atomic E-state index is -3.74. The lowest BCUT2D eigenvalue weighted by Gasteiger charge is -2.08. The smallest absolute Gasteiger partial charge is 0.305 e. The van der Waals surface area contributed by atoms with Crippen LogP contribution in [0.1, 0.15) is 11.3 Å². The minimum Gasteiger partial charge on any atom is -0.481 e. The Kier molecular flexibility index (Phi) is 4.21. The van der Waals surface area contributed by atoms with E-state index in [9.17, 15) is 13.2 Å². The molecule has 0 saturated heterocycles. The Hall–Kier alpha value is -1.71. The molecule has 9 heteroatoms. The van der Waals surface area contributed by atoms with Gasteiger partial charge in [0.15, 0.2) is 4.21 Å². The Balaban J connectivity index is 2.22. The summed E-state index contributed by atoms with van der Waals surface area (Å²) in [5.74, 6) is 0.356. The van der Waals surface area contributed by atoms with E-state index in [2.05, 4.69) is 14.7 Å². The number of H-pyrrole nitrogens is 1. The normalized spacial score (nSPS) is 11.5. The monoisotopic (exact) mass is 315 g/mol. The number of rotatable bonds is 5. The number of aromatic amines is 1. The Morgan fingerprint density at radius 3 is 2.85 bits per heavy atom. The minimum absolute atomic E-state index is 0.00893. The predicted molar refractivity (Wildman–Crippen MR) is 74.5 cm³/mol. The van der Waals surface area contributed by atoms with Gasteiger partial charge in [-0.25, -0.2) is 18.1 Å². The van der Waals surface area contributed by atoms with Crippen molar-refractivity contribution in [2.75, 3.05) is 7.11 Å². The molecule has 108 valence electrons. The van der Waals surface area contributed by atoms with Crippen molar-refractivity contribution in [1.29, 1.82) is 0 Å². The van der Waals surface area contributed by atoms with Crippen LogP contribution in [0, 0.1) is 6.92 Å². The lowest BCUT2D eigenvalue weighted by Crippen LogP contribution is -2.23. The molecule has 0 aromatic carbocycles. The lowest BCUT2D eigenvalue weighted by atomic mass is 10.3. The molecule has 20 heavy (non-hydrogen) atoms. The molecular formula is C11H13N3O4S2. The van der Waals surface area contributed by atoms with Crippen LogP contribution in [-0.4, -0.2) is 25.5 Å². The van der Waals surface area contributed by atoms with E-state index in [-0.39, 0.29) is 10.8 Å². The van der Waals surface area contributed by atoms with E-state index >= 15 is 0 Å². The molecule has 0 saturated carbocycles. The number of aryl methyl sites for hydroxylation is 1. The molecule has 0 fully saturated rings. The van der Waals surface area contributed by atoms with Gasteiger partial charge in [-0.05, 0) is 13.0 Å². The molecule has 0 aliphatic carbocycles. The highest BCUT2D eigenvalue weighted by atomic mass is 32.2. The number of hydrogen-bond acceptors (Lipinski definition) is 6. The number of hydrogen-bond donors (Lipinski definition) is 2. The molecule has 0 aliphatic rings. The number of pyridine rings is 1. The van der Waals surface area contributed by atoms with Crippen LogP contribution in [0.3, 0.4) is 0 Å². The second kappa shape index (κ2) is 5.73. The number of ether oxygens (including phenoxy) is 1. The first-order valence-corrected chi connectivity index (χ1v) is 7.91. The van der Waals surface area contributed by atoms with E-state index in [4.69, 9.17) is 4.74 Å². The van der Waals surface area contributed by atoms with E-state index < -0.39 is 14.9 Å². The van der Waals surface area contributed by atoms with Gasteiger partial charge in [0.2, 0.25) is 5.88 Å². The van der Waals surface area contributed by atoms with E-state index in [0.29, 0.717) is 28.5 Å². The Labute approximate surface area is 119 Å². The summed E-state index contributed by atoms with van der Waals surface area (Å²) in [6.07, 6.45) is 1.55. The Morgan fingerprint density at radius 2 is 2.25 bits per heavy atom. The summed E-state index contributed by atoms with van der Waals surface area (Å²) >= 11 is 0.658. The Bertz CT molecular complexity index is 764. The van der Waals surface area contributed by atoms with Crippen LogP contribution in [0.2, 0.25) is 0 Å². The van der Waals surface area contributed by atoms with Crippen LogP contribution in [0.25, 0.3) is 0 Å². The van der Waals surface area contributed by atoms with Gasteiger partial charge in [-0.15, -0.1) is 0 Å². The fourth-order valence-corrected chi connectivity index (χ4v) is 3.98. The molecule has 0 unspecified atom stereocenters. The zero-order chi connectivity index (χ0) is 14.8. The maximum absolute atomic E-state index is 12.1. The standard InChI is InChI=1S/C11H13N3O4S2/c1-7-10(19-11(15)14-7)20(16,17)13-6-8-4-3-5-12-9(8)18-2/h3-5,13H,6H2,1-2H3,(H,14,15). The molecular weight excluding hydrogens is 302 g/mol. The van der Waals surface area contributed by atoms with Crippen molar-refractivity contribution < 1.29 is 13.2 Å². The number of thiazole rings is 1. The quantitative estimate of drug-likeness (QED) is 0.842. The van der Waals surface area contributed by atoms with Gasteiger partial charge in [0, 0.05) is 24.0 Å². The molecule has 2 aromatic heterocycles. The molecule has 0 radical (unpaired) electrons. The van der Waals surface area contributed by atoms with Gasteiger partial charge in [-0.2, -0.15) is 0 Å². The molecule has 2 heterocycles. The highest BCUT2D eigenvalue weighted by Crippen LogP contribution is 2.18. The summed E-state index contributed by atoms with van der Waals surface area (Å²) in [6, 6.07) is 3.40. The molecule has 0 bridgehead atoms. The lowest BCUT2D eigenvalue weighted by molar-refractivity contribution is 0.392. The van der Waals surface area contributed by atoms with Crippen molar-refractivity contribution in [2.24, 2.45) is 0 Å². The SMILES string of the molecule is COc1ncccc1CNS(=O)(=O)c1sc(=O)[nH]c1C. The number of sulfonamides is 1. The Morgan fingerprint density at radius 1 is 1.50 bits per heavy atom. The van der Waals surface area contributed by atoms with Gasteiger partial charge < -0.3 is 9.72 Å². The summed E-state index contributed by atoms with van der Waals surface area (Å²) in [6.45, 7) is 1.57. The molecule has 2 rings (SSSR count). The van der Waals surface area contributed by atoms with Gasteiger partial charge in [-0.3, -0.25) is 4.79 Å². The van der Waals surface area contributed by atoms with Crippen molar-refractivity contribution in [2.45, 2.75) is 17.7 Å². The van der Waals surface area contributed by atoms with Crippen molar-refractivity contribution in [3.05, 3.63) is 39.3 Å². The van der Waals surface area contributed by atoms with E-state index in [1.165, 1.54) is 14.0 Å². The molecule has 0 aliphatic heterocycles. The molecule has 0 spiro atoms. The maximum Gasteiger partial charge on any atom is 0.305 e. The molecule has 2 N–H and O–H groups in total. The molecule has 0 amide bonds. The van der Waals surface area contributed by atoms with Crippen molar-refractivity contribution in [1.82, 2.24) is 14.7 Å². The zero-order valence-electron chi connectivity index (χ0n) is 10.8. The predicted octanol–water partition coefficient (Wildman–Crippen LogP) is 0.627. The highest BCUT2D eigenvalue weighted by Gasteiger charge is 2.20. The topological polar surface area (TPSA) is 101 Å². The van der Waals surface area contributed by atoms with Crippen LogP contribution >= 0.6 is 11.3 Å². The van der Waals surface area contributed by atoms with Gasteiger partial charge in [0.1, 0.15) is 0 Å². The number of methoxy groups -OCH3 is 1. The summed E-state index contributed by atoms with van der Waals surface area (Å²) in [4.78, 5) is 17.2. The van der Waals surface area contributed by atoms with Crippen molar-refractivity contribution in [3.63, 3.8) is 0 Å². The highest BCUT2D eigenvalue weighted by molar-refractivity contribution is 7.91. The third-order valence-electron chi connectivity index (χ3n) is 2.52. The second-order valence-corrected chi connectivity index (χ2v) is 6.87. The fourth-order valence-electron chi connectivity index (χ4n) is 1.63. The largest absolute Gasteiger partial charge is 0.481 e. The van der Waals surface area contributed by atoms with Crippen LogP contribution in [0.15, 0.2) is 27.3 Å². The van der Waals surface area contributed by atoms with E-state index in [0.717, 1.165) is 0 Å². The van der Waals surface area contributed by atoms with Gasteiger partial charge in [0.05, 0.1) is 7.11 Å². The summed E-state index contributed by atoms with van der Waals surface area (Å²) in [5, 5.41) is 0. The molecule has 7 nitrogen and oxygen atoms in total. The first-order chi connectivity index (χ1) is 9.44. The molecule has 0 atom stereocenters. The summed E-state index contributed by atoms with van der Waals surface area (Å²) in [5.41, 5.74) is 0.935. The average Bonchev–Trinajstić information content (AvgIpc) is 2.76. The van der Waals surface area contributed by atoms with E-state index in [1.54, 1.807) is 18.3 Å². The average molecular weight is 315 g/mol. The zero-order valence-corrected chi connectivity index (χ0v) is 12.5. The van der Waals surface area contributed by atoms with Crippen LogP contribution in [-0.2, 0) is 16.6 Å². The van der Waals surface area contributed by atoms with Gasteiger partial charge in [0.25, 0.3) is 10.0 Å². The van der Waals surface area contributed by atoms with Crippen LogP contribution in [0.4, 0.5) is 0 Å². The number of aromatic nitrogens is 2. The summed E-state index contributed by atoms with van der Waals surface area (Å²) in [7, 11) is -2.28. The second-order valence-electron chi connectivity index (χ2n) is 3.92. The van der Waals surface area contributed by atoms with Gasteiger partial charge >= 0.3 is 4.87 Å². The van der Waals surface area contributed by atoms with Crippen molar-refractivity contribution in [3.8, 4) is 5.88 Å².